The molecule has 164 valence electrons. The molecular weight excluding hydrogens is 402 g/mol. The lowest BCUT2D eigenvalue weighted by atomic mass is 9.76. The average Bonchev–Trinajstić information content (AvgIpc) is 3.37. The summed E-state index contributed by atoms with van der Waals surface area (Å²) in [5.41, 5.74) is -4.67. The Morgan fingerprint density at radius 2 is 1.52 bits per heavy atom. The molecule has 0 aromatic rings. The third-order valence-electron chi connectivity index (χ3n) is 7.67. The van der Waals surface area contributed by atoms with Gasteiger partial charge in [-0.15, -0.1) is 0 Å². The van der Waals surface area contributed by atoms with Crippen molar-refractivity contribution in [3.05, 3.63) is 12.2 Å². The number of esters is 1. The van der Waals surface area contributed by atoms with Gasteiger partial charge in [0.1, 0.15) is 0 Å². The number of ether oxygens (including phenoxy) is 1. The second kappa shape index (κ2) is 6.89. The molecule has 0 spiro atoms. The number of allylic oxidation sites excluding steroid dienone is 2. The first kappa shape index (κ1) is 21.0. The number of alkyl halides is 6. The number of rotatable bonds is 5. The molecule has 0 aromatic heterocycles. The van der Waals surface area contributed by atoms with Crippen LogP contribution in [0.4, 0.5) is 26.3 Å². The summed E-state index contributed by atoms with van der Waals surface area (Å²) < 4.78 is 83.2. The Morgan fingerprint density at radius 1 is 0.897 bits per heavy atom. The topological polar surface area (TPSA) is 46.5 Å². The van der Waals surface area contributed by atoms with E-state index in [0.717, 1.165) is 12.8 Å². The van der Waals surface area contributed by atoms with E-state index in [1.54, 1.807) is 0 Å². The van der Waals surface area contributed by atoms with Crippen molar-refractivity contribution in [2.75, 3.05) is 6.61 Å². The lowest BCUT2D eigenvalue weighted by Gasteiger charge is -2.37. The van der Waals surface area contributed by atoms with Gasteiger partial charge in [-0.25, -0.2) is 0 Å². The Labute approximate surface area is 164 Å². The molecule has 7 unspecified atom stereocenters. The highest BCUT2D eigenvalue weighted by molar-refractivity contribution is 5.74. The Morgan fingerprint density at radius 3 is 2.00 bits per heavy atom. The van der Waals surface area contributed by atoms with Crippen LogP contribution in [0.5, 0.6) is 0 Å². The maximum absolute atomic E-state index is 13.0. The van der Waals surface area contributed by atoms with Crippen molar-refractivity contribution in [2.45, 2.75) is 56.5 Å². The smallest absolute Gasteiger partial charge is 0.426 e. The molecule has 0 aliphatic heterocycles. The van der Waals surface area contributed by atoms with Crippen LogP contribution in [0.15, 0.2) is 12.2 Å². The molecule has 4 rings (SSSR count). The third kappa shape index (κ3) is 3.57. The third-order valence-corrected chi connectivity index (χ3v) is 7.67. The summed E-state index contributed by atoms with van der Waals surface area (Å²) in [7, 11) is 0. The maximum Gasteiger partial charge on any atom is 0.426 e. The van der Waals surface area contributed by atoms with Crippen molar-refractivity contribution < 1.29 is 41.0 Å². The second-order valence-corrected chi connectivity index (χ2v) is 9.32. The fourth-order valence-corrected chi connectivity index (χ4v) is 6.09. The zero-order valence-corrected chi connectivity index (χ0v) is 15.7. The van der Waals surface area contributed by atoms with E-state index in [1.807, 2.05) is 6.08 Å². The van der Waals surface area contributed by atoms with Gasteiger partial charge >= 0.3 is 18.3 Å². The summed E-state index contributed by atoms with van der Waals surface area (Å²) in [6.07, 6.45) is -5.82. The zero-order chi connectivity index (χ0) is 21.2. The maximum atomic E-state index is 13.0. The van der Waals surface area contributed by atoms with E-state index in [-0.39, 0.29) is 48.6 Å². The molecule has 9 heteroatoms. The summed E-state index contributed by atoms with van der Waals surface area (Å²) >= 11 is 0. The first-order valence-electron chi connectivity index (χ1n) is 10.1. The first-order valence-corrected chi connectivity index (χ1v) is 10.1. The fraction of sp³-hybridized carbons (Fsp3) is 0.850. The molecule has 0 saturated heterocycles. The lowest BCUT2D eigenvalue weighted by molar-refractivity contribution is -0.373. The molecule has 4 aliphatic rings. The Hall–Kier alpha value is -1.25. The minimum Gasteiger partial charge on any atom is -0.465 e. The number of halogens is 6. The lowest BCUT2D eigenvalue weighted by Crippen LogP contribution is -2.58. The van der Waals surface area contributed by atoms with Crippen LogP contribution in [-0.2, 0) is 9.53 Å². The molecule has 3 saturated carbocycles. The first-order chi connectivity index (χ1) is 13.4. The van der Waals surface area contributed by atoms with Crippen molar-refractivity contribution in [2.24, 2.45) is 41.4 Å². The highest BCUT2D eigenvalue weighted by Crippen LogP contribution is 2.57. The van der Waals surface area contributed by atoms with Crippen molar-refractivity contribution >= 4 is 5.97 Å². The van der Waals surface area contributed by atoms with Crippen molar-refractivity contribution in [3.63, 3.8) is 0 Å². The molecule has 1 N–H and O–H groups in total. The minimum absolute atomic E-state index is 0.0285. The minimum atomic E-state index is -5.77. The Kier molecular flexibility index (Phi) is 4.99. The SMILES string of the molecule is O=C(OCC1CC2CC1CC2CC(O)(C(F)(F)F)C(F)(F)F)C1CC2C=CC1C2. The predicted molar refractivity (Wildman–Crippen MR) is 89.3 cm³/mol. The molecule has 4 aliphatic carbocycles. The van der Waals surface area contributed by atoms with E-state index in [4.69, 9.17) is 4.74 Å². The second-order valence-electron chi connectivity index (χ2n) is 9.32. The van der Waals surface area contributed by atoms with E-state index < -0.39 is 30.3 Å². The highest BCUT2D eigenvalue weighted by atomic mass is 19.4. The van der Waals surface area contributed by atoms with E-state index >= 15 is 0 Å². The Bertz CT molecular complexity index is 671. The van der Waals surface area contributed by atoms with E-state index in [1.165, 1.54) is 0 Å². The standard InChI is InChI=1S/C20H24F6O3/c21-19(22,23)18(28,20(24,25)26)8-14-6-13-5-12(14)7-15(13)9-29-17(27)16-4-10-1-2-11(16)3-10/h1-2,10-16,28H,3-9H2. The van der Waals surface area contributed by atoms with Crippen LogP contribution < -0.4 is 0 Å². The van der Waals surface area contributed by atoms with Crippen molar-refractivity contribution in [1.82, 2.24) is 0 Å². The van der Waals surface area contributed by atoms with Gasteiger partial charge in [0, 0.05) is 0 Å². The van der Waals surface area contributed by atoms with Crippen molar-refractivity contribution in [3.8, 4) is 0 Å². The summed E-state index contributed by atoms with van der Waals surface area (Å²) in [5, 5.41) is 9.46. The number of fused-ring (bicyclic) bond motifs is 4. The largest absolute Gasteiger partial charge is 0.465 e. The van der Waals surface area contributed by atoms with Gasteiger partial charge in [-0.3, -0.25) is 4.79 Å². The molecule has 4 bridgehead atoms. The molecule has 29 heavy (non-hydrogen) atoms. The van der Waals surface area contributed by atoms with Crippen LogP contribution in [-0.4, -0.2) is 35.6 Å². The van der Waals surface area contributed by atoms with E-state index in [2.05, 4.69) is 6.08 Å². The van der Waals surface area contributed by atoms with Crippen molar-refractivity contribution in [1.29, 1.82) is 0 Å². The molecule has 0 heterocycles. The molecule has 0 radical (unpaired) electrons. The van der Waals surface area contributed by atoms with Gasteiger partial charge < -0.3 is 9.84 Å². The van der Waals surface area contributed by atoms with E-state index in [9.17, 15) is 36.2 Å². The monoisotopic (exact) mass is 426 g/mol. The van der Waals surface area contributed by atoms with Gasteiger partial charge in [0.2, 0.25) is 0 Å². The van der Waals surface area contributed by atoms with Gasteiger partial charge in [-0.05, 0) is 74.0 Å². The highest BCUT2D eigenvalue weighted by Gasteiger charge is 2.71. The van der Waals surface area contributed by atoms with Crippen LogP contribution in [0, 0.1) is 41.4 Å². The molecule has 7 atom stereocenters. The van der Waals surface area contributed by atoms with Crippen LogP contribution in [0.2, 0.25) is 0 Å². The van der Waals surface area contributed by atoms with Crippen LogP contribution in [0.25, 0.3) is 0 Å². The number of aliphatic hydroxyl groups is 1. The predicted octanol–water partition coefficient (Wildman–Crippen LogP) is 4.65. The summed E-state index contributed by atoms with van der Waals surface area (Å²) in [4.78, 5) is 12.3. The zero-order valence-electron chi connectivity index (χ0n) is 15.7. The van der Waals surface area contributed by atoms with Gasteiger partial charge in [-0.2, -0.15) is 26.3 Å². The summed E-state index contributed by atoms with van der Waals surface area (Å²) in [6.45, 7) is 0.174. The number of carbonyl (C=O) groups excluding carboxylic acids is 1. The summed E-state index contributed by atoms with van der Waals surface area (Å²) in [6, 6.07) is 0. The van der Waals surface area contributed by atoms with E-state index in [0.29, 0.717) is 18.8 Å². The van der Waals surface area contributed by atoms with Crippen LogP contribution >= 0.6 is 0 Å². The quantitative estimate of drug-likeness (QED) is 0.396. The molecule has 3 fully saturated rings. The summed E-state index contributed by atoms with van der Waals surface area (Å²) in [5.74, 6) is -0.973. The molecule has 3 nitrogen and oxygen atoms in total. The van der Waals surface area contributed by atoms with Gasteiger partial charge in [-0.1, -0.05) is 12.2 Å². The van der Waals surface area contributed by atoms with Gasteiger partial charge in [0.05, 0.1) is 12.5 Å². The van der Waals surface area contributed by atoms with Gasteiger partial charge in [0.15, 0.2) is 0 Å². The van der Waals surface area contributed by atoms with Crippen LogP contribution in [0.1, 0.15) is 38.5 Å². The molecule has 0 aromatic carbocycles. The normalized spacial score (nSPS) is 38.8. The average molecular weight is 426 g/mol. The fourth-order valence-electron chi connectivity index (χ4n) is 6.09. The Balaban J connectivity index is 1.30. The number of carbonyl (C=O) groups is 1. The molecule has 0 amide bonds. The number of hydrogen-bond acceptors (Lipinski definition) is 3. The van der Waals surface area contributed by atoms with Crippen LogP contribution in [0.3, 0.4) is 0 Å². The number of hydrogen-bond donors (Lipinski definition) is 1. The van der Waals surface area contributed by atoms with Gasteiger partial charge in [0.25, 0.3) is 5.60 Å². The molecular formula is C20H24F6O3.